The number of hydrogen-bond acceptors (Lipinski definition) is 3. The maximum absolute atomic E-state index is 13.3. The van der Waals surface area contributed by atoms with Gasteiger partial charge in [-0.1, -0.05) is 43.3 Å². The first-order valence-corrected chi connectivity index (χ1v) is 10.3. The van der Waals surface area contributed by atoms with Crippen LogP contribution in [0.25, 0.3) is 10.9 Å². The number of likely N-dealkylation sites (tertiary alicyclic amines) is 1. The van der Waals surface area contributed by atoms with Crippen LogP contribution in [0, 0.1) is 12.8 Å². The summed E-state index contributed by atoms with van der Waals surface area (Å²) in [6.07, 6.45) is 1.82. The topological polar surface area (TPSA) is 76.3 Å². The van der Waals surface area contributed by atoms with Crippen molar-refractivity contribution in [3.63, 3.8) is 0 Å². The first kappa shape index (κ1) is 19.9. The highest BCUT2D eigenvalue weighted by molar-refractivity contribution is 5.94. The maximum Gasteiger partial charge on any atom is 0.344 e. The van der Waals surface area contributed by atoms with E-state index >= 15 is 0 Å². The average molecular weight is 406 g/mol. The Morgan fingerprint density at radius 3 is 2.40 bits per heavy atom. The standard InChI is InChI=1S/C23H26N4O3/c1-16-11-13-25(14-12-16)23(30)26-20-10-6-5-9-19(20)21(28)27(26)22(29)24-15-18-8-4-3-7-17(18)2/h3-10,16H,11-15H2,1-2H3,(H,24,29). The molecule has 0 spiro atoms. The molecule has 0 unspecified atom stereocenters. The fraction of sp³-hybridized carbons (Fsp3) is 0.348. The second-order valence-electron chi connectivity index (χ2n) is 7.98. The lowest BCUT2D eigenvalue weighted by Gasteiger charge is -2.30. The molecular formula is C23H26N4O3. The van der Waals surface area contributed by atoms with E-state index in [1.807, 2.05) is 31.2 Å². The molecule has 1 aliphatic rings. The highest BCUT2D eigenvalue weighted by Crippen LogP contribution is 2.19. The first-order chi connectivity index (χ1) is 14.5. The molecule has 0 aliphatic carbocycles. The average Bonchev–Trinajstić information content (AvgIpc) is 3.06. The molecule has 2 aromatic carbocycles. The Labute approximate surface area is 174 Å². The largest absolute Gasteiger partial charge is 0.344 e. The second kappa shape index (κ2) is 8.18. The number of fused-ring (bicyclic) bond motifs is 1. The fourth-order valence-corrected chi connectivity index (χ4v) is 3.91. The Hall–Kier alpha value is -3.35. The summed E-state index contributed by atoms with van der Waals surface area (Å²) in [5.74, 6) is 0.565. The summed E-state index contributed by atoms with van der Waals surface area (Å²) in [6, 6.07) is 13.6. The lowest BCUT2D eigenvalue weighted by molar-refractivity contribution is 0.169. The van der Waals surface area contributed by atoms with Gasteiger partial charge in [0.25, 0.3) is 5.56 Å². The maximum atomic E-state index is 13.3. The van der Waals surface area contributed by atoms with Crippen molar-refractivity contribution in [3.05, 3.63) is 70.0 Å². The molecule has 1 aliphatic heterocycles. The minimum absolute atomic E-state index is 0.273. The molecule has 2 amide bonds. The third-order valence-corrected chi connectivity index (χ3v) is 5.87. The number of piperidine rings is 1. The van der Waals surface area contributed by atoms with E-state index in [-0.39, 0.29) is 12.6 Å². The van der Waals surface area contributed by atoms with Gasteiger partial charge in [-0.15, -0.1) is 0 Å². The van der Waals surface area contributed by atoms with Crippen LogP contribution >= 0.6 is 0 Å². The number of amides is 2. The third-order valence-electron chi connectivity index (χ3n) is 5.87. The Bertz CT molecular complexity index is 1150. The SMILES string of the molecule is Cc1ccccc1CNC(=O)n1c(=O)c2ccccc2n1C(=O)N1CCC(C)CC1. The minimum Gasteiger partial charge on any atom is -0.332 e. The molecule has 0 atom stereocenters. The molecule has 4 rings (SSSR count). The number of aryl methyl sites for hydroxylation is 1. The molecule has 0 bridgehead atoms. The number of rotatable bonds is 2. The van der Waals surface area contributed by atoms with Gasteiger partial charge in [-0.3, -0.25) is 4.79 Å². The number of hydrogen-bond donors (Lipinski definition) is 1. The normalized spacial score (nSPS) is 14.8. The summed E-state index contributed by atoms with van der Waals surface area (Å²) in [4.78, 5) is 41.1. The highest BCUT2D eigenvalue weighted by Gasteiger charge is 2.28. The van der Waals surface area contributed by atoms with Crippen LogP contribution in [0.4, 0.5) is 9.59 Å². The monoisotopic (exact) mass is 406 g/mol. The van der Waals surface area contributed by atoms with Crippen LogP contribution in [0.2, 0.25) is 0 Å². The Morgan fingerprint density at radius 1 is 1.00 bits per heavy atom. The molecular weight excluding hydrogens is 380 g/mol. The van der Waals surface area contributed by atoms with E-state index in [1.54, 1.807) is 29.2 Å². The van der Waals surface area contributed by atoms with Crippen molar-refractivity contribution in [1.82, 2.24) is 19.6 Å². The van der Waals surface area contributed by atoms with Crippen LogP contribution in [0.5, 0.6) is 0 Å². The molecule has 0 radical (unpaired) electrons. The number of carbonyl (C=O) groups is 2. The van der Waals surface area contributed by atoms with Gasteiger partial charge in [-0.05, 0) is 48.9 Å². The summed E-state index contributed by atoms with van der Waals surface area (Å²) in [5.41, 5.74) is 1.95. The van der Waals surface area contributed by atoms with Crippen LogP contribution in [0.15, 0.2) is 53.3 Å². The third kappa shape index (κ3) is 3.63. The van der Waals surface area contributed by atoms with Crippen LogP contribution in [-0.2, 0) is 6.54 Å². The van der Waals surface area contributed by atoms with Crippen molar-refractivity contribution >= 4 is 23.0 Å². The van der Waals surface area contributed by atoms with Gasteiger partial charge in [-0.2, -0.15) is 9.36 Å². The van der Waals surface area contributed by atoms with Gasteiger partial charge in [0.1, 0.15) is 0 Å². The zero-order chi connectivity index (χ0) is 21.3. The number of para-hydroxylation sites is 1. The summed E-state index contributed by atoms with van der Waals surface area (Å²) < 4.78 is 2.16. The van der Waals surface area contributed by atoms with Crippen LogP contribution < -0.4 is 10.9 Å². The lowest BCUT2D eigenvalue weighted by atomic mass is 10.00. The van der Waals surface area contributed by atoms with Crippen LogP contribution in [0.3, 0.4) is 0 Å². The molecule has 3 aromatic rings. The summed E-state index contributed by atoms with van der Waals surface area (Å²) in [6.45, 7) is 5.64. The zero-order valence-corrected chi connectivity index (χ0v) is 17.3. The van der Waals surface area contributed by atoms with Gasteiger partial charge < -0.3 is 10.2 Å². The van der Waals surface area contributed by atoms with E-state index in [9.17, 15) is 14.4 Å². The van der Waals surface area contributed by atoms with Gasteiger partial charge in [0.05, 0.1) is 10.9 Å². The quantitative estimate of drug-likeness (QED) is 0.707. The van der Waals surface area contributed by atoms with Gasteiger partial charge in [0.15, 0.2) is 0 Å². The molecule has 2 heterocycles. The predicted octanol–water partition coefficient (Wildman–Crippen LogP) is 3.57. The van der Waals surface area contributed by atoms with Crippen molar-refractivity contribution in [2.24, 2.45) is 5.92 Å². The molecule has 7 heteroatoms. The van der Waals surface area contributed by atoms with Crippen molar-refractivity contribution < 1.29 is 9.59 Å². The fourth-order valence-electron chi connectivity index (χ4n) is 3.91. The van der Waals surface area contributed by atoms with E-state index in [2.05, 4.69) is 12.2 Å². The van der Waals surface area contributed by atoms with Crippen LogP contribution in [0.1, 0.15) is 30.9 Å². The lowest BCUT2D eigenvalue weighted by Crippen LogP contribution is -2.46. The van der Waals surface area contributed by atoms with Crippen molar-refractivity contribution in [2.45, 2.75) is 33.2 Å². The van der Waals surface area contributed by atoms with Gasteiger partial charge in [-0.25, -0.2) is 9.59 Å². The van der Waals surface area contributed by atoms with E-state index < -0.39 is 11.6 Å². The molecule has 1 saturated heterocycles. The van der Waals surface area contributed by atoms with E-state index in [0.29, 0.717) is 29.9 Å². The molecule has 1 aromatic heterocycles. The first-order valence-electron chi connectivity index (χ1n) is 10.3. The zero-order valence-electron chi connectivity index (χ0n) is 17.3. The predicted molar refractivity (Wildman–Crippen MR) is 116 cm³/mol. The van der Waals surface area contributed by atoms with E-state index in [0.717, 1.165) is 28.7 Å². The Balaban J connectivity index is 1.70. The van der Waals surface area contributed by atoms with Crippen LogP contribution in [-0.4, -0.2) is 39.4 Å². The van der Waals surface area contributed by atoms with Gasteiger partial charge >= 0.3 is 12.1 Å². The Kier molecular flexibility index (Phi) is 5.44. The number of benzene rings is 2. The van der Waals surface area contributed by atoms with Crippen molar-refractivity contribution in [3.8, 4) is 0 Å². The number of carbonyl (C=O) groups excluding carboxylic acids is 2. The smallest absolute Gasteiger partial charge is 0.332 e. The summed E-state index contributed by atoms with van der Waals surface area (Å²) >= 11 is 0. The molecule has 156 valence electrons. The summed E-state index contributed by atoms with van der Waals surface area (Å²) in [5, 5.41) is 3.14. The van der Waals surface area contributed by atoms with Crippen molar-refractivity contribution in [2.75, 3.05) is 13.1 Å². The molecule has 1 fully saturated rings. The number of nitrogens with one attached hydrogen (secondary N) is 1. The second-order valence-corrected chi connectivity index (χ2v) is 7.98. The number of aromatic nitrogens is 2. The van der Waals surface area contributed by atoms with Crippen molar-refractivity contribution in [1.29, 1.82) is 0 Å². The minimum atomic E-state index is -0.613. The van der Waals surface area contributed by atoms with Gasteiger partial charge in [0, 0.05) is 19.6 Å². The molecule has 1 N–H and O–H groups in total. The number of nitrogens with zero attached hydrogens (tertiary/aromatic N) is 3. The van der Waals surface area contributed by atoms with E-state index in [4.69, 9.17) is 0 Å². The molecule has 7 nitrogen and oxygen atoms in total. The Morgan fingerprint density at radius 2 is 1.67 bits per heavy atom. The molecule has 0 saturated carbocycles. The highest BCUT2D eigenvalue weighted by atomic mass is 16.2. The van der Waals surface area contributed by atoms with E-state index in [1.165, 1.54) is 4.68 Å². The molecule has 30 heavy (non-hydrogen) atoms. The van der Waals surface area contributed by atoms with Gasteiger partial charge in [0.2, 0.25) is 0 Å². The summed E-state index contributed by atoms with van der Waals surface area (Å²) in [7, 11) is 0.